The van der Waals surface area contributed by atoms with E-state index >= 15 is 0 Å². The van der Waals surface area contributed by atoms with Gasteiger partial charge in [-0.05, 0) is 19.1 Å². The van der Waals surface area contributed by atoms with Crippen LogP contribution in [0.2, 0.25) is 0 Å². The average molecular weight is 264 g/mol. The quantitative estimate of drug-likeness (QED) is 0.890. The molecule has 0 aromatic heterocycles. The van der Waals surface area contributed by atoms with E-state index in [-0.39, 0.29) is 12.0 Å². The minimum atomic E-state index is -2.84. The van der Waals surface area contributed by atoms with Crippen molar-refractivity contribution in [1.82, 2.24) is 0 Å². The Morgan fingerprint density at radius 1 is 1.36 bits per heavy atom. The van der Waals surface area contributed by atoms with Crippen LogP contribution in [-0.2, 0) is 5.92 Å². The molecule has 0 spiro atoms. The van der Waals surface area contributed by atoms with E-state index in [9.17, 15) is 8.78 Å². The molecule has 1 aromatic carbocycles. The number of alkyl halides is 2. The number of halogens is 3. The van der Waals surface area contributed by atoms with E-state index in [1.54, 1.807) is 19.1 Å². The zero-order valence-electron chi connectivity index (χ0n) is 7.81. The van der Waals surface area contributed by atoms with Crippen molar-refractivity contribution < 1.29 is 8.78 Å². The number of benzene rings is 1. The first-order valence-electron chi connectivity index (χ1n) is 4.31. The summed E-state index contributed by atoms with van der Waals surface area (Å²) in [7, 11) is 0. The summed E-state index contributed by atoms with van der Waals surface area (Å²) >= 11 is 3.19. The van der Waals surface area contributed by atoms with Crippen molar-refractivity contribution in [2.75, 3.05) is 0 Å². The largest absolute Gasteiger partial charge is 0.328 e. The monoisotopic (exact) mass is 263 g/mol. The third-order valence-corrected chi connectivity index (χ3v) is 2.37. The topological polar surface area (TPSA) is 26.0 Å². The Morgan fingerprint density at radius 2 is 1.86 bits per heavy atom. The van der Waals surface area contributed by atoms with Gasteiger partial charge in [-0.25, -0.2) is 8.78 Å². The average Bonchev–Trinajstić information content (AvgIpc) is 2.02. The highest BCUT2D eigenvalue weighted by Crippen LogP contribution is 2.32. The van der Waals surface area contributed by atoms with Gasteiger partial charge in [-0.3, -0.25) is 0 Å². The van der Waals surface area contributed by atoms with Gasteiger partial charge in [-0.15, -0.1) is 0 Å². The summed E-state index contributed by atoms with van der Waals surface area (Å²) in [5.41, 5.74) is 5.37. The number of hydrogen-bond donors (Lipinski definition) is 1. The summed E-state index contributed by atoms with van der Waals surface area (Å²) in [6.45, 7) is 1.58. The summed E-state index contributed by atoms with van der Waals surface area (Å²) in [6.07, 6.45) is -0.325. The molecule has 0 aliphatic heterocycles. The molecule has 0 radical (unpaired) electrons. The molecular formula is C10H12BrF2N. The highest BCUT2D eigenvalue weighted by atomic mass is 79.9. The van der Waals surface area contributed by atoms with Gasteiger partial charge < -0.3 is 5.73 Å². The van der Waals surface area contributed by atoms with Gasteiger partial charge in [0.15, 0.2) is 0 Å². The molecule has 0 amide bonds. The first-order chi connectivity index (χ1) is 6.42. The normalized spacial score (nSPS) is 14.1. The maximum absolute atomic E-state index is 13.4. The Balaban J connectivity index is 2.86. The molecule has 0 bridgehead atoms. The van der Waals surface area contributed by atoms with Gasteiger partial charge in [0.25, 0.3) is 5.92 Å². The Kier molecular flexibility index (Phi) is 3.61. The zero-order valence-corrected chi connectivity index (χ0v) is 9.39. The molecule has 2 N–H and O–H groups in total. The molecule has 1 unspecified atom stereocenters. The van der Waals surface area contributed by atoms with E-state index < -0.39 is 12.0 Å². The molecule has 0 heterocycles. The minimum Gasteiger partial charge on any atom is -0.328 e. The van der Waals surface area contributed by atoms with Crippen molar-refractivity contribution in [2.24, 2.45) is 5.73 Å². The van der Waals surface area contributed by atoms with E-state index in [4.69, 9.17) is 5.73 Å². The van der Waals surface area contributed by atoms with Crippen molar-refractivity contribution in [3.8, 4) is 0 Å². The van der Waals surface area contributed by atoms with Gasteiger partial charge in [0.1, 0.15) is 0 Å². The van der Waals surface area contributed by atoms with Crippen molar-refractivity contribution >= 4 is 15.9 Å². The Hall–Kier alpha value is -0.480. The Morgan fingerprint density at radius 3 is 2.29 bits per heavy atom. The lowest BCUT2D eigenvalue weighted by molar-refractivity contribution is -0.0181. The highest BCUT2D eigenvalue weighted by molar-refractivity contribution is 9.10. The number of nitrogens with two attached hydrogens (primary N) is 1. The molecule has 1 rings (SSSR count). The maximum Gasteiger partial charge on any atom is 0.274 e. The highest BCUT2D eigenvalue weighted by Gasteiger charge is 2.32. The lowest BCUT2D eigenvalue weighted by Crippen LogP contribution is -2.26. The number of rotatable bonds is 3. The van der Waals surface area contributed by atoms with Gasteiger partial charge in [0, 0.05) is 22.5 Å². The molecule has 0 saturated heterocycles. The SMILES string of the molecule is CC(N)CC(F)(F)c1ccc(Br)cc1. The van der Waals surface area contributed by atoms with Gasteiger partial charge >= 0.3 is 0 Å². The van der Waals surface area contributed by atoms with Gasteiger partial charge in [0.05, 0.1) is 0 Å². The zero-order chi connectivity index (χ0) is 10.8. The standard InChI is InChI=1S/C10H12BrF2N/c1-7(14)6-10(12,13)8-2-4-9(11)5-3-8/h2-5,7H,6,14H2,1H3. The van der Waals surface area contributed by atoms with E-state index in [0.29, 0.717) is 0 Å². The second-order valence-electron chi connectivity index (χ2n) is 3.39. The molecule has 14 heavy (non-hydrogen) atoms. The van der Waals surface area contributed by atoms with Crippen molar-refractivity contribution in [2.45, 2.75) is 25.3 Å². The predicted molar refractivity (Wildman–Crippen MR) is 56.3 cm³/mol. The van der Waals surface area contributed by atoms with Gasteiger partial charge in [-0.1, -0.05) is 28.1 Å². The minimum absolute atomic E-state index is 0.0120. The van der Waals surface area contributed by atoms with Crippen LogP contribution in [0.3, 0.4) is 0 Å². The van der Waals surface area contributed by atoms with Crippen LogP contribution in [0.1, 0.15) is 18.9 Å². The lowest BCUT2D eigenvalue weighted by Gasteiger charge is -2.18. The molecule has 1 aromatic rings. The van der Waals surface area contributed by atoms with Crippen molar-refractivity contribution in [3.05, 3.63) is 34.3 Å². The van der Waals surface area contributed by atoms with E-state index in [0.717, 1.165) is 4.47 Å². The third-order valence-electron chi connectivity index (χ3n) is 1.84. The van der Waals surface area contributed by atoms with Crippen LogP contribution < -0.4 is 5.73 Å². The van der Waals surface area contributed by atoms with Crippen LogP contribution in [0.5, 0.6) is 0 Å². The van der Waals surface area contributed by atoms with Crippen LogP contribution in [0.25, 0.3) is 0 Å². The van der Waals surface area contributed by atoms with Gasteiger partial charge in [-0.2, -0.15) is 0 Å². The summed E-state index contributed by atoms with van der Waals surface area (Å²) in [6, 6.07) is 5.52. The summed E-state index contributed by atoms with van der Waals surface area (Å²) in [5, 5.41) is 0. The van der Waals surface area contributed by atoms with E-state index in [1.807, 2.05) is 0 Å². The molecule has 0 aliphatic carbocycles. The molecule has 0 fully saturated rings. The molecule has 0 aliphatic rings. The van der Waals surface area contributed by atoms with Crippen LogP contribution in [-0.4, -0.2) is 6.04 Å². The number of hydrogen-bond acceptors (Lipinski definition) is 1. The second-order valence-corrected chi connectivity index (χ2v) is 4.31. The molecule has 78 valence electrons. The molecule has 1 atom stereocenters. The van der Waals surface area contributed by atoms with Gasteiger partial charge in [0.2, 0.25) is 0 Å². The summed E-state index contributed by atoms with van der Waals surface area (Å²) in [5.74, 6) is -2.84. The summed E-state index contributed by atoms with van der Waals surface area (Å²) in [4.78, 5) is 0. The van der Waals surface area contributed by atoms with E-state index in [1.165, 1.54) is 12.1 Å². The smallest absolute Gasteiger partial charge is 0.274 e. The summed E-state index contributed by atoms with van der Waals surface area (Å²) < 4.78 is 27.7. The predicted octanol–water partition coefficient (Wildman–Crippen LogP) is 3.28. The molecule has 4 heteroatoms. The fourth-order valence-corrected chi connectivity index (χ4v) is 1.48. The van der Waals surface area contributed by atoms with Crippen LogP contribution in [0, 0.1) is 0 Å². The molecule has 1 nitrogen and oxygen atoms in total. The van der Waals surface area contributed by atoms with E-state index in [2.05, 4.69) is 15.9 Å². The third kappa shape index (κ3) is 3.03. The second kappa shape index (κ2) is 4.36. The van der Waals surface area contributed by atoms with Crippen LogP contribution >= 0.6 is 15.9 Å². The first kappa shape index (κ1) is 11.6. The Labute approximate surface area is 90.4 Å². The Bertz CT molecular complexity index is 295. The molecule has 0 saturated carbocycles. The maximum atomic E-state index is 13.4. The molecular weight excluding hydrogens is 252 g/mol. The lowest BCUT2D eigenvalue weighted by atomic mass is 10.0. The fraction of sp³-hybridized carbons (Fsp3) is 0.400. The van der Waals surface area contributed by atoms with Crippen LogP contribution in [0.4, 0.5) is 8.78 Å². The van der Waals surface area contributed by atoms with Crippen molar-refractivity contribution in [1.29, 1.82) is 0 Å². The fourth-order valence-electron chi connectivity index (χ4n) is 1.22. The first-order valence-corrected chi connectivity index (χ1v) is 5.10. The van der Waals surface area contributed by atoms with Crippen molar-refractivity contribution in [3.63, 3.8) is 0 Å². The van der Waals surface area contributed by atoms with Crippen LogP contribution in [0.15, 0.2) is 28.7 Å².